The lowest BCUT2D eigenvalue weighted by Crippen LogP contribution is -2.17. The molecule has 0 atom stereocenters. The summed E-state index contributed by atoms with van der Waals surface area (Å²) in [4.78, 5) is 11.2. The van der Waals surface area contributed by atoms with Crippen molar-refractivity contribution in [2.75, 3.05) is 18.4 Å². The summed E-state index contributed by atoms with van der Waals surface area (Å²) in [6, 6.07) is 8.06. The zero-order valence-electron chi connectivity index (χ0n) is 10.8. The summed E-state index contributed by atoms with van der Waals surface area (Å²) in [7, 11) is 0. The quantitative estimate of drug-likeness (QED) is 0.712. The fraction of sp³-hybridized carbons (Fsp3) is 0.500. The highest BCUT2D eigenvalue weighted by Crippen LogP contribution is 2.10. The van der Waals surface area contributed by atoms with Crippen LogP contribution in [0.3, 0.4) is 0 Å². The Morgan fingerprint density at radius 3 is 2.41 bits per heavy atom. The second-order valence-electron chi connectivity index (χ2n) is 4.10. The molecule has 17 heavy (non-hydrogen) atoms. The number of amides is 1. The molecule has 0 saturated heterocycles. The minimum absolute atomic E-state index is 0.0577. The molecule has 94 valence electrons. The smallest absolute Gasteiger partial charge is 0.224 e. The molecule has 1 aromatic rings. The van der Waals surface area contributed by atoms with E-state index in [9.17, 15) is 4.79 Å². The molecule has 1 amide bonds. The molecule has 1 aromatic carbocycles. The van der Waals surface area contributed by atoms with E-state index in [2.05, 4.69) is 29.7 Å². The highest BCUT2D eigenvalue weighted by Gasteiger charge is 1.98. The molecule has 0 heterocycles. The Balaban J connectivity index is 2.36. The van der Waals surface area contributed by atoms with Gasteiger partial charge in [-0.05, 0) is 43.6 Å². The molecule has 3 heteroatoms. The first-order chi connectivity index (χ1) is 8.26. The van der Waals surface area contributed by atoms with E-state index in [1.807, 2.05) is 19.1 Å². The van der Waals surface area contributed by atoms with Crippen LogP contribution in [0.4, 0.5) is 5.69 Å². The summed E-state index contributed by atoms with van der Waals surface area (Å²) in [6.07, 6.45) is 2.71. The molecule has 0 aliphatic rings. The van der Waals surface area contributed by atoms with Crippen molar-refractivity contribution >= 4 is 11.6 Å². The summed E-state index contributed by atoms with van der Waals surface area (Å²) >= 11 is 0. The molecule has 0 fully saturated rings. The maximum absolute atomic E-state index is 11.2. The minimum Gasteiger partial charge on any atom is -0.326 e. The number of hydrogen-bond donors (Lipinski definition) is 2. The number of nitrogens with one attached hydrogen (secondary N) is 2. The maximum atomic E-state index is 11.2. The SMILES string of the molecule is CCCNCCc1ccc(NC(=O)CC)cc1. The van der Waals surface area contributed by atoms with Crippen LogP contribution in [0.5, 0.6) is 0 Å². The van der Waals surface area contributed by atoms with Crippen molar-refractivity contribution in [3.05, 3.63) is 29.8 Å². The zero-order valence-corrected chi connectivity index (χ0v) is 10.8. The van der Waals surface area contributed by atoms with E-state index in [0.29, 0.717) is 6.42 Å². The fourth-order valence-electron chi connectivity index (χ4n) is 1.54. The van der Waals surface area contributed by atoms with Gasteiger partial charge in [0.25, 0.3) is 0 Å². The Kier molecular flexibility index (Phi) is 6.33. The second-order valence-corrected chi connectivity index (χ2v) is 4.10. The summed E-state index contributed by atoms with van der Waals surface area (Å²) in [5.74, 6) is 0.0577. The topological polar surface area (TPSA) is 41.1 Å². The highest BCUT2D eigenvalue weighted by molar-refractivity contribution is 5.90. The van der Waals surface area contributed by atoms with Crippen LogP contribution in [0.1, 0.15) is 32.3 Å². The number of carbonyl (C=O) groups is 1. The standard InChI is InChI=1S/C14H22N2O/c1-3-10-15-11-9-12-5-7-13(8-6-12)16-14(17)4-2/h5-8,15H,3-4,9-11H2,1-2H3,(H,16,17). The fourth-order valence-corrected chi connectivity index (χ4v) is 1.54. The highest BCUT2D eigenvalue weighted by atomic mass is 16.1. The third-order valence-corrected chi connectivity index (χ3v) is 2.58. The molecule has 1 rings (SSSR count). The number of hydrogen-bond acceptors (Lipinski definition) is 2. The van der Waals surface area contributed by atoms with E-state index in [-0.39, 0.29) is 5.91 Å². The largest absolute Gasteiger partial charge is 0.326 e. The summed E-state index contributed by atoms with van der Waals surface area (Å²) in [6.45, 7) is 6.10. The first kappa shape index (κ1) is 13.7. The van der Waals surface area contributed by atoms with Crippen molar-refractivity contribution in [3.8, 4) is 0 Å². The molecule has 0 spiro atoms. The van der Waals surface area contributed by atoms with Gasteiger partial charge < -0.3 is 10.6 Å². The average molecular weight is 234 g/mol. The summed E-state index contributed by atoms with van der Waals surface area (Å²) < 4.78 is 0. The molecular weight excluding hydrogens is 212 g/mol. The molecule has 0 aliphatic carbocycles. The van der Waals surface area contributed by atoms with Crippen molar-refractivity contribution < 1.29 is 4.79 Å². The van der Waals surface area contributed by atoms with Crippen LogP contribution in [0.15, 0.2) is 24.3 Å². The van der Waals surface area contributed by atoms with E-state index in [4.69, 9.17) is 0 Å². The van der Waals surface area contributed by atoms with Crippen LogP contribution in [0.2, 0.25) is 0 Å². The van der Waals surface area contributed by atoms with Gasteiger partial charge in [-0.2, -0.15) is 0 Å². The Hall–Kier alpha value is -1.35. The Labute approximate surface area is 104 Å². The van der Waals surface area contributed by atoms with E-state index >= 15 is 0 Å². The van der Waals surface area contributed by atoms with Gasteiger partial charge in [0.1, 0.15) is 0 Å². The van der Waals surface area contributed by atoms with Crippen LogP contribution >= 0.6 is 0 Å². The van der Waals surface area contributed by atoms with Gasteiger partial charge in [-0.1, -0.05) is 26.0 Å². The Morgan fingerprint density at radius 2 is 1.82 bits per heavy atom. The van der Waals surface area contributed by atoms with E-state index in [1.54, 1.807) is 0 Å². The van der Waals surface area contributed by atoms with Gasteiger partial charge in [0.2, 0.25) is 5.91 Å². The predicted octanol–water partition coefficient (Wildman–Crippen LogP) is 2.58. The predicted molar refractivity (Wildman–Crippen MR) is 72.2 cm³/mol. The van der Waals surface area contributed by atoms with Gasteiger partial charge in [-0.25, -0.2) is 0 Å². The Bertz CT molecular complexity index is 333. The van der Waals surface area contributed by atoms with Crippen LogP contribution in [0.25, 0.3) is 0 Å². The monoisotopic (exact) mass is 234 g/mol. The van der Waals surface area contributed by atoms with Gasteiger partial charge in [0.15, 0.2) is 0 Å². The number of benzene rings is 1. The molecule has 3 nitrogen and oxygen atoms in total. The lowest BCUT2D eigenvalue weighted by molar-refractivity contribution is -0.115. The normalized spacial score (nSPS) is 10.2. The van der Waals surface area contributed by atoms with E-state index in [0.717, 1.165) is 25.2 Å². The number of anilines is 1. The van der Waals surface area contributed by atoms with Gasteiger partial charge >= 0.3 is 0 Å². The third-order valence-electron chi connectivity index (χ3n) is 2.58. The van der Waals surface area contributed by atoms with Crippen LogP contribution in [-0.4, -0.2) is 19.0 Å². The first-order valence-electron chi connectivity index (χ1n) is 6.35. The first-order valence-corrected chi connectivity index (χ1v) is 6.35. The van der Waals surface area contributed by atoms with Gasteiger partial charge in [-0.3, -0.25) is 4.79 Å². The van der Waals surface area contributed by atoms with E-state index < -0.39 is 0 Å². The van der Waals surface area contributed by atoms with Crippen molar-refractivity contribution in [2.45, 2.75) is 33.1 Å². The number of rotatable bonds is 7. The molecule has 2 N–H and O–H groups in total. The van der Waals surface area contributed by atoms with Crippen LogP contribution in [0, 0.1) is 0 Å². The van der Waals surface area contributed by atoms with E-state index in [1.165, 1.54) is 12.0 Å². The van der Waals surface area contributed by atoms with Crippen molar-refractivity contribution in [2.24, 2.45) is 0 Å². The van der Waals surface area contributed by atoms with Gasteiger partial charge in [0, 0.05) is 12.1 Å². The zero-order chi connectivity index (χ0) is 12.5. The Morgan fingerprint density at radius 1 is 1.12 bits per heavy atom. The molecule has 0 aromatic heterocycles. The van der Waals surface area contributed by atoms with Crippen LogP contribution in [-0.2, 0) is 11.2 Å². The molecule has 0 saturated carbocycles. The lowest BCUT2D eigenvalue weighted by Gasteiger charge is -2.06. The molecule has 0 bridgehead atoms. The third kappa shape index (κ3) is 5.50. The average Bonchev–Trinajstić information content (AvgIpc) is 2.36. The van der Waals surface area contributed by atoms with Crippen molar-refractivity contribution in [3.63, 3.8) is 0 Å². The molecular formula is C14H22N2O. The van der Waals surface area contributed by atoms with Gasteiger partial charge in [-0.15, -0.1) is 0 Å². The van der Waals surface area contributed by atoms with Crippen molar-refractivity contribution in [1.82, 2.24) is 5.32 Å². The second kappa shape index (κ2) is 7.85. The molecule has 0 radical (unpaired) electrons. The molecule has 0 unspecified atom stereocenters. The minimum atomic E-state index is 0.0577. The maximum Gasteiger partial charge on any atom is 0.224 e. The lowest BCUT2D eigenvalue weighted by atomic mass is 10.1. The van der Waals surface area contributed by atoms with Crippen molar-refractivity contribution in [1.29, 1.82) is 0 Å². The number of carbonyl (C=O) groups excluding carboxylic acids is 1. The summed E-state index contributed by atoms with van der Waals surface area (Å²) in [5, 5.41) is 6.21. The van der Waals surface area contributed by atoms with Crippen LogP contribution < -0.4 is 10.6 Å². The summed E-state index contributed by atoms with van der Waals surface area (Å²) in [5.41, 5.74) is 2.17. The van der Waals surface area contributed by atoms with Gasteiger partial charge in [0.05, 0.1) is 0 Å². The molecule has 0 aliphatic heterocycles.